The lowest BCUT2D eigenvalue weighted by atomic mass is 9.82. The Balaban J connectivity index is 1.75. The molecule has 0 N–H and O–H groups in total. The number of hydrogen-bond donors (Lipinski definition) is 0. The molecule has 0 unspecified atom stereocenters. The molecule has 2 aromatic heterocycles. The van der Waals surface area contributed by atoms with Gasteiger partial charge in [-0.05, 0) is 51.6 Å². The number of pyridine rings is 2. The maximum atomic E-state index is 11.2. The lowest BCUT2D eigenvalue weighted by Crippen LogP contribution is -2.05. The van der Waals surface area contributed by atoms with Gasteiger partial charge in [-0.25, -0.2) is 14.5 Å². The molecule has 5 aromatic rings. The van der Waals surface area contributed by atoms with E-state index in [1.54, 1.807) is 60.7 Å². The maximum absolute atomic E-state index is 11.2. The zero-order valence-corrected chi connectivity index (χ0v) is 27.7. The van der Waals surface area contributed by atoms with Crippen LogP contribution < -0.4 is 0 Å². The first-order valence-corrected chi connectivity index (χ1v) is 15.9. The van der Waals surface area contributed by atoms with Crippen LogP contribution in [0, 0.1) is 76.4 Å². The molecule has 2 aliphatic carbocycles. The maximum Gasteiger partial charge on any atom is 0.220 e. The van der Waals surface area contributed by atoms with Gasteiger partial charge in [0.05, 0.1) is 65.0 Å². The molecule has 2 aliphatic rings. The van der Waals surface area contributed by atoms with Crippen molar-refractivity contribution in [2.45, 2.75) is 0 Å². The summed E-state index contributed by atoms with van der Waals surface area (Å²) in [5.74, 6) is 0. The molecule has 0 bridgehead atoms. The van der Waals surface area contributed by atoms with Gasteiger partial charge in [-0.1, -0.05) is 66.7 Å². The Hall–Kier alpha value is -9.16. The molecule has 0 fully saturated rings. The zero-order valence-electron chi connectivity index (χ0n) is 27.7. The van der Waals surface area contributed by atoms with Gasteiger partial charge < -0.3 is 0 Å². The second-order valence-electron chi connectivity index (χ2n) is 11.7. The fraction of sp³-hybridized carbons (Fsp3) is 0. The van der Waals surface area contributed by atoms with Gasteiger partial charge in [-0.3, -0.25) is 9.97 Å². The highest BCUT2D eigenvalue weighted by Gasteiger charge is 2.43. The van der Waals surface area contributed by atoms with Crippen LogP contribution in [0.5, 0.6) is 0 Å². The summed E-state index contributed by atoms with van der Waals surface area (Å²) in [5.41, 5.74) is 2.84. The summed E-state index contributed by atoms with van der Waals surface area (Å²) >= 11 is 0. The monoisotopic (exact) mass is 684 g/mol. The van der Waals surface area contributed by atoms with Crippen LogP contribution in [0.2, 0.25) is 0 Å². The summed E-state index contributed by atoms with van der Waals surface area (Å²) in [5, 5.41) is 53.5. The van der Waals surface area contributed by atoms with E-state index in [-0.39, 0.29) is 101 Å². The molecule has 242 valence electrons. The highest BCUT2D eigenvalue weighted by Crippen LogP contribution is 2.59. The number of nitriles is 5. The van der Waals surface area contributed by atoms with E-state index in [0.29, 0.717) is 11.1 Å². The number of fused-ring (bicyclic) bond motifs is 2. The van der Waals surface area contributed by atoms with E-state index in [1.807, 2.05) is 6.07 Å². The van der Waals surface area contributed by atoms with Crippen molar-refractivity contribution in [2.75, 3.05) is 0 Å². The number of aromatic nitrogens is 2. The first-order valence-electron chi connectivity index (χ1n) is 15.9. The smallest absolute Gasteiger partial charge is 0.220 e. The van der Waals surface area contributed by atoms with Crippen LogP contribution in [-0.4, -0.2) is 9.97 Å². The third-order valence-electron chi connectivity index (χ3n) is 9.02. The van der Waals surface area contributed by atoms with Crippen LogP contribution in [0.4, 0.5) is 5.69 Å². The van der Waals surface area contributed by atoms with Gasteiger partial charge >= 0.3 is 0 Å². The topological polar surface area (TPSA) is 158 Å². The van der Waals surface area contributed by atoms with Gasteiger partial charge in [0.25, 0.3) is 0 Å². The van der Waals surface area contributed by atoms with Crippen LogP contribution in [0.25, 0.3) is 59.4 Å². The molecular formula is C44H16N10. The standard InChI is InChI=1S/C44H16N10/c1-50-28-15-17-33(54-24-28)29(19-46)38-36(27-12-8-5-9-13-27)44(52-3)41-31(21-48)37-30(20-47)35(26-10-6-4-7-11-26)42(39(37)32(22-49)40(38)41)43(51-2)34-16-14-25(18-45)23-53-34/h4-17,23-24H/b38-29+,43-42-. The second kappa shape index (κ2) is 13.6. The number of nitrogens with zero attached hydrogens (tertiary/aromatic N) is 10. The molecule has 0 radical (unpaired) electrons. The van der Waals surface area contributed by atoms with Crippen molar-refractivity contribution >= 4 is 50.5 Å². The molecule has 0 atom stereocenters. The molecule has 0 spiro atoms. The Morgan fingerprint density at radius 1 is 0.556 bits per heavy atom. The normalized spacial score (nSPS) is 14.1. The third-order valence-corrected chi connectivity index (χ3v) is 9.02. The minimum atomic E-state index is -0.0841. The molecule has 0 amide bonds. The summed E-state index contributed by atoms with van der Waals surface area (Å²) in [6.45, 7) is 24.3. The Morgan fingerprint density at radius 2 is 1.17 bits per heavy atom. The summed E-state index contributed by atoms with van der Waals surface area (Å²) < 4.78 is 0. The molecule has 10 nitrogen and oxygen atoms in total. The molecular weight excluding hydrogens is 669 g/mol. The van der Waals surface area contributed by atoms with Crippen molar-refractivity contribution in [2.24, 2.45) is 0 Å². The highest BCUT2D eigenvalue weighted by molar-refractivity contribution is 6.35. The Morgan fingerprint density at radius 3 is 1.67 bits per heavy atom. The van der Waals surface area contributed by atoms with Gasteiger partial charge in [0.1, 0.15) is 24.3 Å². The summed E-state index contributed by atoms with van der Waals surface area (Å²) in [6.07, 6.45) is 2.63. The second-order valence-corrected chi connectivity index (χ2v) is 11.7. The van der Waals surface area contributed by atoms with Crippen molar-refractivity contribution in [1.82, 2.24) is 9.97 Å². The molecule has 2 heterocycles. The van der Waals surface area contributed by atoms with Crippen LogP contribution in [0.15, 0.2) is 97.3 Å². The Labute approximate surface area is 309 Å². The Bertz CT molecular complexity index is 2770. The van der Waals surface area contributed by atoms with Gasteiger partial charge in [0.15, 0.2) is 0 Å². The molecule has 7 rings (SSSR count). The van der Waals surface area contributed by atoms with E-state index in [2.05, 4.69) is 48.8 Å². The Kier molecular flexibility index (Phi) is 8.41. The van der Waals surface area contributed by atoms with Crippen LogP contribution >= 0.6 is 0 Å². The van der Waals surface area contributed by atoms with Crippen LogP contribution in [-0.2, 0) is 0 Å². The number of hydrogen-bond acceptors (Lipinski definition) is 7. The van der Waals surface area contributed by atoms with Gasteiger partial charge in [-0.2, -0.15) is 26.3 Å². The van der Waals surface area contributed by atoms with Crippen LogP contribution in [0.3, 0.4) is 0 Å². The van der Waals surface area contributed by atoms with E-state index >= 15 is 0 Å². The number of allylic oxidation sites excluding steroid dienone is 6. The fourth-order valence-electron chi connectivity index (χ4n) is 6.88. The van der Waals surface area contributed by atoms with Crippen molar-refractivity contribution in [3.8, 4) is 30.3 Å². The van der Waals surface area contributed by atoms with Crippen LogP contribution in [0.1, 0.15) is 61.5 Å². The third kappa shape index (κ3) is 4.97. The summed E-state index contributed by atoms with van der Waals surface area (Å²) in [6, 6.07) is 34.6. The highest BCUT2D eigenvalue weighted by atomic mass is 14.8. The van der Waals surface area contributed by atoms with E-state index < -0.39 is 0 Å². The minimum Gasteiger partial charge on any atom is -0.267 e. The summed E-state index contributed by atoms with van der Waals surface area (Å²) in [7, 11) is 0. The molecule has 3 aromatic carbocycles. The van der Waals surface area contributed by atoms with Crippen molar-refractivity contribution in [1.29, 1.82) is 26.3 Å². The zero-order chi connectivity index (χ0) is 37.9. The SMILES string of the molecule is [C-]#[N+]C1=C(c2ccccc2)/C(=C(/C#N)c2ccc([N+]#[C-])cn2)c2c(C#N)c3c(c(C#N)c21)C(C#N)=C(c1ccccc1)/C3=C(/[N+]#[C-])c1ccc(C#N)cn1. The first kappa shape index (κ1) is 33.3. The fourth-order valence-corrected chi connectivity index (χ4v) is 6.88. The average molecular weight is 685 g/mol. The molecule has 0 saturated carbocycles. The van der Waals surface area contributed by atoms with Gasteiger partial charge in [0.2, 0.25) is 17.1 Å². The predicted molar refractivity (Wildman–Crippen MR) is 200 cm³/mol. The van der Waals surface area contributed by atoms with E-state index in [0.717, 1.165) is 0 Å². The van der Waals surface area contributed by atoms with E-state index in [1.165, 1.54) is 36.7 Å². The van der Waals surface area contributed by atoms with E-state index in [9.17, 15) is 26.3 Å². The van der Waals surface area contributed by atoms with Crippen molar-refractivity contribution in [3.63, 3.8) is 0 Å². The summed E-state index contributed by atoms with van der Waals surface area (Å²) in [4.78, 5) is 20.0. The number of rotatable bonds is 4. The molecule has 10 heteroatoms. The minimum absolute atomic E-state index is 0.0109. The van der Waals surface area contributed by atoms with Gasteiger partial charge in [0, 0.05) is 34.7 Å². The average Bonchev–Trinajstić information content (AvgIpc) is 3.75. The molecule has 0 aliphatic heterocycles. The lowest BCUT2D eigenvalue weighted by Gasteiger charge is -2.18. The quantitative estimate of drug-likeness (QED) is 0.135. The molecule has 0 saturated heterocycles. The lowest BCUT2D eigenvalue weighted by molar-refractivity contribution is 1.26. The first-order chi connectivity index (χ1) is 26.5. The molecule has 54 heavy (non-hydrogen) atoms. The van der Waals surface area contributed by atoms with E-state index in [4.69, 9.17) is 19.7 Å². The number of benzene rings is 3. The van der Waals surface area contributed by atoms with Gasteiger partial charge in [-0.15, -0.1) is 0 Å². The predicted octanol–water partition coefficient (Wildman–Crippen LogP) is 9.11. The largest absolute Gasteiger partial charge is 0.267 e. The van der Waals surface area contributed by atoms with Crippen molar-refractivity contribution in [3.05, 3.63) is 193 Å². The van der Waals surface area contributed by atoms with Crippen molar-refractivity contribution < 1.29 is 0 Å².